The number of hydrogen-bond donors (Lipinski definition) is 1. The van der Waals surface area contributed by atoms with Gasteiger partial charge < -0.3 is 14.6 Å². The molecule has 0 unspecified atom stereocenters. The van der Waals surface area contributed by atoms with Gasteiger partial charge in [0.05, 0.1) is 11.7 Å². The molecule has 1 saturated heterocycles. The predicted molar refractivity (Wildman–Crippen MR) is 133 cm³/mol. The molecule has 2 aromatic heterocycles. The van der Waals surface area contributed by atoms with Gasteiger partial charge in [-0.05, 0) is 97.9 Å². The smallest absolute Gasteiger partial charge is 0.174 e. The summed E-state index contributed by atoms with van der Waals surface area (Å²) < 4.78 is 6.39. The molecule has 1 N–H and O–H groups in total. The first-order valence-electron chi connectivity index (χ1n) is 10.4. The Bertz CT molecular complexity index is 1250. The van der Waals surface area contributed by atoms with Crippen LogP contribution >= 0.6 is 23.8 Å². The molecule has 1 aliphatic rings. The number of benzene rings is 2. The minimum Gasteiger partial charge on any atom is -0.459 e. The minimum absolute atomic E-state index is 0.145. The highest BCUT2D eigenvalue weighted by Gasteiger charge is 2.42. The van der Waals surface area contributed by atoms with Gasteiger partial charge >= 0.3 is 0 Å². The van der Waals surface area contributed by atoms with Crippen molar-refractivity contribution in [3.05, 3.63) is 107 Å². The lowest BCUT2D eigenvalue weighted by atomic mass is 10.0. The molecule has 1 fully saturated rings. The monoisotopic (exact) mass is 459 g/mol. The van der Waals surface area contributed by atoms with E-state index in [9.17, 15) is 0 Å². The van der Waals surface area contributed by atoms with Gasteiger partial charge in [0.1, 0.15) is 17.6 Å². The van der Waals surface area contributed by atoms with Crippen molar-refractivity contribution in [2.75, 3.05) is 4.90 Å². The number of furan rings is 1. The van der Waals surface area contributed by atoms with Crippen LogP contribution in [0, 0.1) is 13.8 Å². The topological polar surface area (TPSA) is 41.3 Å². The molecule has 0 spiro atoms. The molecule has 0 amide bonds. The highest BCUT2D eigenvalue weighted by molar-refractivity contribution is 7.80. The standard InChI is InChI=1S/C26H22ClN3OS/c1-16-13-17(2)15-20(14-16)30-25(24(29-26(30)32)21-5-3-4-12-28-21)23-11-10-22(31-23)18-6-8-19(27)9-7-18/h3-15,24-25H,1-2H3,(H,29,32)/t24-,25-/m1/s1. The molecule has 3 heterocycles. The van der Waals surface area contributed by atoms with Crippen LogP contribution in [0.5, 0.6) is 0 Å². The van der Waals surface area contributed by atoms with E-state index in [2.05, 4.69) is 47.2 Å². The molecule has 2 atom stereocenters. The molecule has 4 nitrogen and oxygen atoms in total. The lowest BCUT2D eigenvalue weighted by Gasteiger charge is -2.26. The fourth-order valence-corrected chi connectivity index (χ4v) is 4.76. The Morgan fingerprint density at radius 2 is 1.72 bits per heavy atom. The van der Waals surface area contributed by atoms with Crippen LogP contribution in [0.25, 0.3) is 11.3 Å². The van der Waals surface area contributed by atoms with Crippen LogP contribution in [0.2, 0.25) is 5.02 Å². The van der Waals surface area contributed by atoms with E-state index < -0.39 is 0 Å². The van der Waals surface area contributed by atoms with Crippen molar-refractivity contribution in [3.63, 3.8) is 0 Å². The highest BCUT2D eigenvalue weighted by Crippen LogP contribution is 2.43. The molecule has 0 radical (unpaired) electrons. The Kier molecular flexibility index (Phi) is 5.45. The normalized spacial score (nSPS) is 18.1. The Morgan fingerprint density at radius 3 is 2.41 bits per heavy atom. The molecular formula is C26H22ClN3OS. The molecular weight excluding hydrogens is 438 g/mol. The Labute approximate surface area is 197 Å². The number of thiocarbonyl (C=S) groups is 1. The zero-order valence-corrected chi connectivity index (χ0v) is 19.3. The summed E-state index contributed by atoms with van der Waals surface area (Å²) in [7, 11) is 0. The number of nitrogens with one attached hydrogen (secondary N) is 1. The number of rotatable bonds is 4. The number of halogens is 1. The summed E-state index contributed by atoms with van der Waals surface area (Å²) >= 11 is 11.9. The van der Waals surface area contributed by atoms with Crippen molar-refractivity contribution < 1.29 is 4.42 Å². The molecule has 4 aromatic rings. The van der Waals surface area contributed by atoms with E-state index >= 15 is 0 Å². The van der Waals surface area contributed by atoms with Gasteiger partial charge in [-0.15, -0.1) is 0 Å². The largest absolute Gasteiger partial charge is 0.459 e. The first-order chi connectivity index (χ1) is 15.5. The average Bonchev–Trinajstić information content (AvgIpc) is 3.39. The molecule has 0 saturated carbocycles. The van der Waals surface area contributed by atoms with Crippen LogP contribution in [0.15, 0.2) is 83.4 Å². The van der Waals surface area contributed by atoms with E-state index in [1.807, 2.05) is 54.6 Å². The Hall–Kier alpha value is -3.15. The van der Waals surface area contributed by atoms with Crippen LogP contribution in [0.3, 0.4) is 0 Å². The molecule has 1 aliphatic heterocycles. The zero-order chi connectivity index (χ0) is 22.2. The van der Waals surface area contributed by atoms with E-state index in [1.54, 1.807) is 6.20 Å². The second-order valence-corrected chi connectivity index (χ2v) is 8.87. The van der Waals surface area contributed by atoms with Crippen LogP contribution in [0.4, 0.5) is 5.69 Å². The molecule has 160 valence electrons. The number of anilines is 1. The number of hydrogen-bond acceptors (Lipinski definition) is 3. The fraction of sp³-hybridized carbons (Fsp3) is 0.154. The van der Waals surface area contributed by atoms with E-state index in [0.717, 1.165) is 28.5 Å². The summed E-state index contributed by atoms with van der Waals surface area (Å²) in [6, 6.07) is 23.7. The molecule has 0 bridgehead atoms. The highest BCUT2D eigenvalue weighted by atomic mass is 35.5. The van der Waals surface area contributed by atoms with Crippen LogP contribution < -0.4 is 10.2 Å². The predicted octanol–water partition coefficient (Wildman–Crippen LogP) is 6.79. The molecule has 0 aliphatic carbocycles. The van der Waals surface area contributed by atoms with Gasteiger partial charge in [0, 0.05) is 22.5 Å². The van der Waals surface area contributed by atoms with Crippen molar-refractivity contribution in [2.24, 2.45) is 0 Å². The van der Waals surface area contributed by atoms with E-state index in [4.69, 9.17) is 28.2 Å². The number of nitrogens with zero attached hydrogens (tertiary/aromatic N) is 2. The molecule has 32 heavy (non-hydrogen) atoms. The van der Waals surface area contributed by atoms with E-state index in [0.29, 0.717) is 10.1 Å². The molecule has 5 rings (SSSR count). The van der Waals surface area contributed by atoms with Crippen molar-refractivity contribution in [1.82, 2.24) is 10.3 Å². The lowest BCUT2D eigenvalue weighted by molar-refractivity contribution is 0.439. The van der Waals surface area contributed by atoms with Crippen LogP contribution in [-0.2, 0) is 0 Å². The van der Waals surface area contributed by atoms with Gasteiger partial charge in [-0.25, -0.2) is 0 Å². The first kappa shape index (κ1) is 20.7. The minimum atomic E-state index is -0.181. The number of aryl methyl sites for hydroxylation is 2. The summed E-state index contributed by atoms with van der Waals surface area (Å²) in [6.07, 6.45) is 1.80. The lowest BCUT2D eigenvalue weighted by Crippen LogP contribution is -2.29. The van der Waals surface area contributed by atoms with Gasteiger partial charge in [0.15, 0.2) is 5.11 Å². The quantitative estimate of drug-likeness (QED) is 0.340. The van der Waals surface area contributed by atoms with E-state index in [1.165, 1.54) is 11.1 Å². The maximum Gasteiger partial charge on any atom is 0.174 e. The van der Waals surface area contributed by atoms with Gasteiger partial charge in [-0.3, -0.25) is 4.98 Å². The van der Waals surface area contributed by atoms with Gasteiger partial charge in [-0.1, -0.05) is 23.7 Å². The zero-order valence-electron chi connectivity index (χ0n) is 17.7. The Morgan fingerprint density at radius 1 is 0.969 bits per heavy atom. The van der Waals surface area contributed by atoms with Crippen molar-refractivity contribution in [2.45, 2.75) is 25.9 Å². The van der Waals surface area contributed by atoms with E-state index in [-0.39, 0.29) is 12.1 Å². The second kappa shape index (κ2) is 8.41. The fourth-order valence-electron chi connectivity index (χ4n) is 4.29. The van der Waals surface area contributed by atoms with Gasteiger partial charge in [0.2, 0.25) is 0 Å². The third-order valence-corrected chi connectivity index (χ3v) is 6.20. The summed E-state index contributed by atoms with van der Waals surface area (Å²) in [5, 5.41) is 4.83. The molecule has 2 aromatic carbocycles. The van der Waals surface area contributed by atoms with Crippen molar-refractivity contribution in [3.8, 4) is 11.3 Å². The molecule has 6 heteroatoms. The summed E-state index contributed by atoms with van der Waals surface area (Å²) in [5.74, 6) is 1.60. The number of pyridine rings is 1. The summed E-state index contributed by atoms with van der Waals surface area (Å²) in [4.78, 5) is 6.74. The maximum atomic E-state index is 6.39. The second-order valence-electron chi connectivity index (χ2n) is 8.05. The van der Waals surface area contributed by atoms with Crippen LogP contribution in [0.1, 0.15) is 34.7 Å². The van der Waals surface area contributed by atoms with Crippen LogP contribution in [-0.4, -0.2) is 10.1 Å². The van der Waals surface area contributed by atoms with Gasteiger partial charge in [0.25, 0.3) is 0 Å². The summed E-state index contributed by atoms with van der Waals surface area (Å²) in [6.45, 7) is 4.19. The first-order valence-corrected chi connectivity index (χ1v) is 11.2. The average molecular weight is 460 g/mol. The third-order valence-electron chi connectivity index (χ3n) is 5.63. The summed E-state index contributed by atoms with van der Waals surface area (Å²) in [5.41, 5.74) is 5.29. The third kappa shape index (κ3) is 3.90. The number of aromatic nitrogens is 1. The van der Waals surface area contributed by atoms with Crippen molar-refractivity contribution >= 4 is 34.6 Å². The van der Waals surface area contributed by atoms with Gasteiger partial charge in [-0.2, -0.15) is 0 Å². The maximum absolute atomic E-state index is 6.39. The van der Waals surface area contributed by atoms with Crippen molar-refractivity contribution in [1.29, 1.82) is 0 Å². The SMILES string of the molecule is Cc1cc(C)cc(N2C(=S)N[C@H](c3ccccn3)[C@H]2c2ccc(-c3ccc(Cl)cc3)o2)c1. The Balaban J connectivity index is 1.61.